The first kappa shape index (κ1) is 40.4. The molecular formula is C40H50N6O9S. The van der Waals surface area contributed by atoms with Gasteiger partial charge in [0.15, 0.2) is 0 Å². The lowest BCUT2D eigenvalue weighted by Gasteiger charge is -2.36. The predicted molar refractivity (Wildman–Crippen MR) is 208 cm³/mol. The van der Waals surface area contributed by atoms with Crippen LogP contribution in [0.3, 0.4) is 0 Å². The number of amides is 4. The molecule has 0 unspecified atom stereocenters. The van der Waals surface area contributed by atoms with Gasteiger partial charge in [0.2, 0.25) is 27.7 Å². The fourth-order valence-corrected chi connectivity index (χ4v) is 8.22. The van der Waals surface area contributed by atoms with Crippen LogP contribution in [0, 0.1) is 11.3 Å². The molecule has 2 aromatic heterocycles. The van der Waals surface area contributed by atoms with E-state index in [4.69, 9.17) is 19.2 Å². The number of alkyl carbamates (subject to hydrolysis) is 1. The van der Waals surface area contributed by atoms with Crippen molar-refractivity contribution in [2.75, 3.05) is 13.7 Å². The number of likely N-dealkylation sites (tertiary alicyclic amines) is 1. The first-order valence-corrected chi connectivity index (χ1v) is 20.2. The second-order valence-corrected chi connectivity index (χ2v) is 18.7. The van der Waals surface area contributed by atoms with E-state index in [1.807, 2.05) is 30.3 Å². The zero-order valence-corrected chi connectivity index (χ0v) is 33.6. The van der Waals surface area contributed by atoms with Gasteiger partial charge in [-0.15, -0.1) is 6.58 Å². The molecule has 3 aromatic rings. The van der Waals surface area contributed by atoms with Crippen molar-refractivity contribution < 1.29 is 41.8 Å². The Kier molecular flexibility index (Phi) is 10.8. The van der Waals surface area contributed by atoms with E-state index in [2.05, 4.69) is 26.9 Å². The molecule has 1 aliphatic heterocycles. The van der Waals surface area contributed by atoms with Gasteiger partial charge in [0.1, 0.15) is 35.1 Å². The van der Waals surface area contributed by atoms with Gasteiger partial charge < -0.3 is 29.7 Å². The molecule has 16 heteroatoms. The van der Waals surface area contributed by atoms with Gasteiger partial charge in [0.25, 0.3) is 5.91 Å². The Bertz CT molecular complexity index is 2150. The molecule has 3 aliphatic rings. The molecular weight excluding hydrogens is 741 g/mol. The summed E-state index contributed by atoms with van der Waals surface area (Å²) in [7, 11) is -2.36. The molecule has 56 heavy (non-hydrogen) atoms. The quantitative estimate of drug-likeness (QED) is 0.222. The van der Waals surface area contributed by atoms with Crippen molar-refractivity contribution in [3.63, 3.8) is 0 Å². The zero-order chi connectivity index (χ0) is 40.8. The molecule has 0 spiro atoms. The van der Waals surface area contributed by atoms with E-state index in [1.54, 1.807) is 67.0 Å². The van der Waals surface area contributed by atoms with Gasteiger partial charge in [-0.25, -0.2) is 18.2 Å². The van der Waals surface area contributed by atoms with Crippen molar-refractivity contribution in [1.29, 1.82) is 0 Å². The standard InChI is InChI=1S/C40H50N6O9S/c1-9-24-21-40(24,36(49)45-56(51,52)27-14-15-27)44-33(47)31-20-26(22-46(31)35(48)32(38(2,3)4)43-37(50)55-39(5,6)7)54-34-28-16-13-25(53-8)18-23(28)19-30(42-34)29-12-10-11-17-41-29/h9-13,16-19,24,26-27,31-32H,1,14-15,20-22H2,2-8H3,(H,43,50)(H,44,47)(H,45,49)/t24-,26+,31-,32+,40+/m0/s1. The predicted octanol–water partition coefficient (Wildman–Crippen LogP) is 4.26. The lowest BCUT2D eigenvalue weighted by molar-refractivity contribution is -0.143. The van der Waals surface area contributed by atoms with Crippen LogP contribution in [0.25, 0.3) is 22.2 Å². The molecule has 300 valence electrons. The molecule has 15 nitrogen and oxygen atoms in total. The summed E-state index contributed by atoms with van der Waals surface area (Å²) >= 11 is 0. The zero-order valence-electron chi connectivity index (χ0n) is 32.7. The summed E-state index contributed by atoms with van der Waals surface area (Å²) in [5, 5.41) is 6.25. The first-order valence-electron chi connectivity index (χ1n) is 18.6. The fourth-order valence-electron chi connectivity index (χ4n) is 6.86. The summed E-state index contributed by atoms with van der Waals surface area (Å²) < 4.78 is 45.2. The smallest absolute Gasteiger partial charge is 0.408 e. The van der Waals surface area contributed by atoms with Gasteiger partial charge in [-0.2, -0.15) is 0 Å². The number of ether oxygens (including phenoxy) is 3. The maximum atomic E-state index is 14.6. The highest BCUT2D eigenvalue weighted by Gasteiger charge is 2.62. The molecule has 0 bridgehead atoms. The number of carbonyl (C=O) groups is 4. The summed E-state index contributed by atoms with van der Waals surface area (Å²) in [6, 6.07) is 10.4. The van der Waals surface area contributed by atoms with Crippen LogP contribution in [0.1, 0.15) is 67.2 Å². The number of benzene rings is 1. The second-order valence-electron chi connectivity index (χ2n) is 16.7. The SMILES string of the molecule is C=C[C@H]1C[C@]1(NC(=O)[C@@H]1C[C@@H](Oc2nc(-c3ccccn3)cc3cc(OC)ccc23)CN1C(=O)[C@@H](NC(=O)OC(C)(C)C)C(C)(C)C)C(=O)NS(=O)(=O)C1CC1. The highest BCUT2D eigenvalue weighted by Crippen LogP contribution is 2.46. The van der Waals surface area contributed by atoms with Crippen LogP contribution in [0.4, 0.5) is 4.79 Å². The average Bonchev–Trinajstić information content (AvgIpc) is 4.06. The topological polar surface area (TPSA) is 195 Å². The number of fused-ring (bicyclic) bond motifs is 1. The van der Waals surface area contributed by atoms with E-state index in [0.29, 0.717) is 35.4 Å². The number of hydrogen-bond donors (Lipinski definition) is 3. The number of pyridine rings is 2. The number of sulfonamides is 1. The van der Waals surface area contributed by atoms with E-state index >= 15 is 0 Å². The highest BCUT2D eigenvalue weighted by atomic mass is 32.2. The van der Waals surface area contributed by atoms with Gasteiger partial charge in [0, 0.05) is 23.9 Å². The second kappa shape index (κ2) is 15.0. The maximum Gasteiger partial charge on any atom is 0.408 e. The monoisotopic (exact) mass is 790 g/mol. The lowest BCUT2D eigenvalue weighted by atomic mass is 9.85. The highest BCUT2D eigenvalue weighted by molar-refractivity contribution is 7.91. The minimum atomic E-state index is -3.92. The van der Waals surface area contributed by atoms with Gasteiger partial charge in [-0.3, -0.25) is 24.1 Å². The Morgan fingerprint density at radius 1 is 1.04 bits per heavy atom. The number of aromatic nitrogens is 2. The van der Waals surface area contributed by atoms with Crippen LogP contribution in [-0.2, 0) is 29.1 Å². The van der Waals surface area contributed by atoms with Gasteiger partial charge in [0.05, 0.1) is 30.3 Å². The van der Waals surface area contributed by atoms with Crippen molar-refractivity contribution in [3.8, 4) is 23.0 Å². The molecule has 2 aliphatic carbocycles. The molecule has 3 fully saturated rings. The third-order valence-electron chi connectivity index (χ3n) is 10.1. The van der Waals surface area contributed by atoms with Gasteiger partial charge in [-0.05, 0) is 87.2 Å². The molecule has 4 amide bonds. The lowest BCUT2D eigenvalue weighted by Crippen LogP contribution is -2.60. The third kappa shape index (κ3) is 8.74. The molecule has 2 saturated carbocycles. The Morgan fingerprint density at radius 2 is 1.77 bits per heavy atom. The van der Waals surface area contributed by atoms with E-state index in [9.17, 15) is 27.6 Å². The number of nitrogens with one attached hydrogen (secondary N) is 3. The number of hydrogen-bond acceptors (Lipinski definition) is 11. The number of nitrogens with zero attached hydrogens (tertiary/aromatic N) is 3. The van der Waals surface area contributed by atoms with E-state index in [0.717, 1.165) is 5.39 Å². The van der Waals surface area contributed by atoms with Crippen LogP contribution in [0.5, 0.6) is 11.6 Å². The molecule has 1 aromatic carbocycles. The van der Waals surface area contributed by atoms with Crippen LogP contribution in [-0.4, -0.2) is 95.3 Å². The largest absolute Gasteiger partial charge is 0.497 e. The summed E-state index contributed by atoms with van der Waals surface area (Å²) in [5.74, 6) is -1.83. The number of methoxy groups -OCH3 is 1. The third-order valence-corrected chi connectivity index (χ3v) is 11.9. The van der Waals surface area contributed by atoms with Crippen LogP contribution in [0.2, 0.25) is 0 Å². The van der Waals surface area contributed by atoms with Gasteiger partial charge >= 0.3 is 6.09 Å². The van der Waals surface area contributed by atoms with Crippen LogP contribution in [0.15, 0.2) is 61.3 Å². The van der Waals surface area contributed by atoms with E-state index in [1.165, 1.54) is 11.0 Å². The van der Waals surface area contributed by atoms with Crippen molar-refractivity contribution in [2.45, 2.75) is 102 Å². The molecule has 6 rings (SSSR count). The summed E-state index contributed by atoms with van der Waals surface area (Å²) in [5.41, 5.74) is -2.15. The summed E-state index contributed by atoms with van der Waals surface area (Å²) in [4.78, 5) is 66.3. The maximum absolute atomic E-state index is 14.6. The number of rotatable bonds is 12. The Hall–Kier alpha value is -5.25. The molecule has 5 atom stereocenters. The first-order chi connectivity index (χ1) is 26.2. The van der Waals surface area contributed by atoms with Crippen molar-refractivity contribution in [3.05, 3.63) is 61.3 Å². The Morgan fingerprint density at radius 3 is 2.36 bits per heavy atom. The summed E-state index contributed by atoms with van der Waals surface area (Å²) in [6.45, 7) is 14.1. The molecule has 3 heterocycles. The minimum absolute atomic E-state index is 0.0230. The average molecular weight is 791 g/mol. The molecule has 0 radical (unpaired) electrons. The van der Waals surface area contributed by atoms with Crippen molar-refractivity contribution >= 4 is 44.6 Å². The number of carbonyl (C=O) groups excluding carboxylic acids is 4. The minimum Gasteiger partial charge on any atom is -0.497 e. The van der Waals surface area contributed by atoms with Crippen LogP contribution >= 0.6 is 0 Å². The summed E-state index contributed by atoms with van der Waals surface area (Å²) in [6.07, 6.45) is 2.54. The van der Waals surface area contributed by atoms with Gasteiger partial charge in [-0.1, -0.05) is 32.9 Å². The normalized spacial score (nSPS) is 22.8. The van der Waals surface area contributed by atoms with Crippen LogP contribution < -0.4 is 24.8 Å². The molecule has 3 N–H and O–H groups in total. The Labute approximate surface area is 327 Å². The molecule has 1 saturated heterocycles. The van der Waals surface area contributed by atoms with E-state index < -0.39 is 79.7 Å². The Balaban J connectivity index is 1.34. The van der Waals surface area contributed by atoms with Crippen molar-refractivity contribution in [2.24, 2.45) is 11.3 Å². The van der Waals surface area contributed by atoms with E-state index in [-0.39, 0.29) is 25.3 Å². The van der Waals surface area contributed by atoms with Crippen molar-refractivity contribution in [1.82, 2.24) is 30.2 Å². The fraction of sp³-hybridized carbons (Fsp3) is 0.500.